The Morgan fingerprint density at radius 2 is 1.29 bits per heavy atom. The Morgan fingerprint density at radius 3 is 1.87 bits per heavy atom. The Kier molecular flexibility index (Phi) is 6.46. The number of phenolic OH excluding ortho intramolecular Hbond substituents is 1. The lowest BCUT2D eigenvalue weighted by molar-refractivity contribution is 0.472. The minimum absolute atomic E-state index is 0.0556. The standard InChI is InChI=1S/C21H16N4O10S3/c1-23-16-4-5-17(14-8-11(36(27,28)29)2-3-12(14)16)24-25-20-19(38(33,34)35)7-10-6-18(37(30,31)32)15(22)9-13(10)21(20)26/h2-9,26H,1,22H2,(H,27,28,29)(H,30,31,32)(H,33,34,35)/b25-24+. The lowest BCUT2D eigenvalue weighted by Crippen LogP contribution is -2.04. The molecule has 0 aromatic heterocycles. The lowest BCUT2D eigenvalue weighted by Gasteiger charge is -2.11. The highest BCUT2D eigenvalue weighted by Gasteiger charge is 2.24. The molecule has 0 aliphatic rings. The van der Waals surface area contributed by atoms with Crippen molar-refractivity contribution in [3.8, 4) is 5.75 Å². The van der Waals surface area contributed by atoms with Gasteiger partial charge in [-0.1, -0.05) is 6.07 Å². The molecule has 4 rings (SSSR count). The summed E-state index contributed by atoms with van der Waals surface area (Å²) in [4.78, 5) is 1.60. The van der Waals surface area contributed by atoms with Crippen LogP contribution in [0.2, 0.25) is 0 Å². The van der Waals surface area contributed by atoms with Gasteiger partial charge in [-0.3, -0.25) is 18.7 Å². The number of aliphatic imine (C=N–C) groups is 1. The van der Waals surface area contributed by atoms with Crippen LogP contribution in [0.5, 0.6) is 5.75 Å². The first kappa shape index (κ1) is 27.0. The molecule has 0 atom stereocenters. The van der Waals surface area contributed by atoms with Gasteiger partial charge in [-0.25, -0.2) is 0 Å². The second-order valence-corrected chi connectivity index (χ2v) is 12.0. The molecule has 38 heavy (non-hydrogen) atoms. The van der Waals surface area contributed by atoms with Gasteiger partial charge in [-0.15, -0.1) is 10.2 Å². The number of anilines is 1. The first-order valence-corrected chi connectivity index (χ1v) is 14.3. The summed E-state index contributed by atoms with van der Waals surface area (Å²) in [7, 11) is -14.5. The summed E-state index contributed by atoms with van der Waals surface area (Å²) in [6.07, 6.45) is 0. The van der Waals surface area contributed by atoms with Gasteiger partial charge in [-0.2, -0.15) is 25.3 Å². The minimum Gasteiger partial charge on any atom is -0.505 e. The van der Waals surface area contributed by atoms with Crippen molar-refractivity contribution in [1.82, 2.24) is 0 Å². The quantitative estimate of drug-likeness (QED) is 0.0950. The van der Waals surface area contributed by atoms with E-state index >= 15 is 0 Å². The first-order chi connectivity index (χ1) is 17.5. The van der Waals surface area contributed by atoms with Gasteiger partial charge in [0.15, 0.2) is 5.75 Å². The van der Waals surface area contributed by atoms with E-state index in [2.05, 4.69) is 21.9 Å². The van der Waals surface area contributed by atoms with Crippen LogP contribution in [-0.2, 0) is 30.4 Å². The Morgan fingerprint density at radius 1 is 0.684 bits per heavy atom. The number of aromatic hydroxyl groups is 1. The summed E-state index contributed by atoms with van der Waals surface area (Å²) < 4.78 is 99.1. The van der Waals surface area contributed by atoms with Crippen molar-refractivity contribution in [3.05, 3.63) is 48.5 Å². The van der Waals surface area contributed by atoms with Crippen LogP contribution in [0.15, 0.2) is 78.4 Å². The molecule has 17 heteroatoms. The number of fused-ring (bicyclic) bond motifs is 2. The van der Waals surface area contributed by atoms with Crippen molar-refractivity contribution in [2.45, 2.75) is 14.7 Å². The molecule has 0 unspecified atom stereocenters. The molecule has 0 spiro atoms. The average Bonchev–Trinajstić information content (AvgIpc) is 2.81. The van der Waals surface area contributed by atoms with Crippen molar-refractivity contribution in [1.29, 1.82) is 0 Å². The number of phenols is 1. The Labute approximate surface area is 215 Å². The van der Waals surface area contributed by atoms with Crippen LogP contribution in [-0.4, -0.2) is 50.7 Å². The largest absolute Gasteiger partial charge is 0.505 e. The number of nitrogens with two attached hydrogens (primary N) is 1. The van der Waals surface area contributed by atoms with Crippen molar-refractivity contribution in [2.75, 3.05) is 5.73 Å². The Bertz CT molecular complexity index is 2040. The molecule has 0 radical (unpaired) electrons. The summed E-state index contributed by atoms with van der Waals surface area (Å²) >= 11 is 0. The maximum absolute atomic E-state index is 12.1. The summed E-state index contributed by atoms with van der Waals surface area (Å²) in [5.74, 6) is -0.861. The molecule has 0 aliphatic heterocycles. The van der Waals surface area contributed by atoms with Crippen LogP contribution in [0.25, 0.3) is 21.5 Å². The van der Waals surface area contributed by atoms with Gasteiger partial charge in [0, 0.05) is 16.2 Å². The molecule has 4 aromatic carbocycles. The van der Waals surface area contributed by atoms with Gasteiger partial charge in [0.2, 0.25) is 0 Å². The molecule has 0 aliphatic carbocycles. The normalized spacial score (nSPS) is 12.9. The van der Waals surface area contributed by atoms with E-state index in [1.807, 2.05) is 0 Å². The molecule has 4 aromatic rings. The molecule has 0 amide bonds. The summed E-state index contributed by atoms with van der Waals surface area (Å²) in [5, 5.41) is 18.5. The molecule has 6 N–H and O–H groups in total. The van der Waals surface area contributed by atoms with Gasteiger partial charge >= 0.3 is 0 Å². The van der Waals surface area contributed by atoms with Gasteiger partial charge in [-0.05, 0) is 54.6 Å². The van der Waals surface area contributed by atoms with Crippen LogP contribution in [0.3, 0.4) is 0 Å². The monoisotopic (exact) mass is 580 g/mol. The molecular weight excluding hydrogens is 564 g/mol. The van der Waals surface area contributed by atoms with Crippen LogP contribution in [0.4, 0.5) is 22.7 Å². The van der Waals surface area contributed by atoms with Crippen LogP contribution < -0.4 is 5.73 Å². The van der Waals surface area contributed by atoms with Crippen molar-refractivity contribution in [2.24, 2.45) is 15.2 Å². The third-order valence-electron chi connectivity index (χ3n) is 5.41. The molecule has 0 fully saturated rings. The fourth-order valence-electron chi connectivity index (χ4n) is 3.69. The molecular formula is C21H16N4O10S3. The molecule has 14 nitrogen and oxygen atoms in total. The third kappa shape index (κ3) is 4.93. The SMILES string of the molecule is C=Nc1ccc(/N=N/c2c(S(=O)(=O)O)cc3cc(S(=O)(=O)O)c(N)cc3c2O)c2cc(S(=O)(=O)O)ccc12. The van der Waals surface area contributed by atoms with Crippen LogP contribution >= 0.6 is 0 Å². The van der Waals surface area contributed by atoms with E-state index in [1.54, 1.807) is 0 Å². The van der Waals surface area contributed by atoms with Gasteiger partial charge in [0.25, 0.3) is 30.4 Å². The van der Waals surface area contributed by atoms with Gasteiger partial charge < -0.3 is 10.8 Å². The molecule has 0 saturated heterocycles. The highest BCUT2D eigenvalue weighted by atomic mass is 32.2. The third-order valence-corrected chi connectivity index (χ3v) is 8.03. The topological polar surface area (TPSA) is 246 Å². The van der Waals surface area contributed by atoms with Gasteiger partial charge in [0.05, 0.1) is 22.0 Å². The average molecular weight is 581 g/mol. The van der Waals surface area contributed by atoms with Crippen molar-refractivity contribution >= 4 is 81.4 Å². The van der Waals surface area contributed by atoms with E-state index in [4.69, 9.17) is 5.73 Å². The summed E-state index contributed by atoms with van der Waals surface area (Å²) in [6, 6.07) is 8.79. The lowest BCUT2D eigenvalue weighted by atomic mass is 10.1. The van der Waals surface area contributed by atoms with E-state index in [0.717, 1.165) is 30.3 Å². The number of benzene rings is 4. The zero-order chi connectivity index (χ0) is 28.2. The van der Waals surface area contributed by atoms with Crippen LogP contribution in [0, 0.1) is 0 Å². The second-order valence-electron chi connectivity index (χ2n) is 7.78. The van der Waals surface area contributed by atoms with E-state index < -0.39 is 62.2 Å². The smallest absolute Gasteiger partial charge is 0.296 e. The fourth-order valence-corrected chi connectivity index (χ4v) is 5.49. The summed E-state index contributed by atoms with van der Waals surface area (Å²) in [6.45, 7) is 3.42. The molecule has 0 saturated carbocycles. The number of nitrogen functional groups attached to an aromatic ring is 1. The van der Waals surface area contributed by atoms with Crippen LogP contribution in [0.1, 0.15) is 0 Å². The van der Waals surface area contributed by atoms with E-state index in [1.165, 1.54) is 18.2 Å². The highest BCUT2D eigenvalue weighted by molar-refractivity contribution is 7.86. The molecule has 0 bridgehead atoms. The number of hydrogen-bond acceptors (Lipinski definition) is 11. The Hall–Kier alpha value is -4.00. The fraction of sp³-hybridized carbons (Fsp3) is 0. The Balaban J connectivity index is 2.02. The molecule has 198 valence electrons. The highest BCUT2D eigenvalue weighted by Crippen LogP contribution is 2.44. The van der Waals surface area contributed by atoms with E-state index in [-0.39, 0.29) is 21.8 Å². The van der Waals surface area contributed by atoms with Crippen molar-refractivity contribution < 1.29 is 44.0 Å². The number of hydrogen-bond donors (Lipinski definition) is 5. The van der Waals surface area contributed by atoms with E-state index in [0.29, 0.717) is 11.1 Å². The maximum Gasteiger partial charge on any atom is 0.296 e. The second kappa shape index (κ2) is 9.08. The van der Waals surface area contributed by atoms with E-state index in [9.17, 15) is 44.0 Å². The van der Waals surface area contributed by atoms with Crippen molar-refractivity contribution in [3.63, 3.8) is 0 Å². The zero-order valence-electron chi connectivity index (χ0n) is 18.7. The zero-order valence-corrected chi connectivity index (χ0v) is 21.2. The first-order valence-electron chi connectivity index (χ1n) is 9.99. The van der Waals surface area contributed by atoms with Gasteiger partial charge in [0.1, 0.15) is 15.5 Å². The predicted molar refractivity (Wildman–Crippen MR) is 137 cm³/mol. The number of nitrogens with zero attached hydrogens (tertiary/aromatic N) is 3. The summed E-state index contributed by atoms with van der Waals surface area (Å²) in [5.41, 5.74) is 4.69. The number of rotatable bonds is 6. The predicted octanol–water partition coefficient (Wildman–Crippen LogP) is 3.77. The number of azo groups is 1. The minimum atomic E-state index is -5.08. The molecule has 0 heterocycles. The maximum atomic E-state index is 12.1.